The van der Waals surface area contributed by atoms with Crippen molar-refractivity contribution >= 4 is 56.9 Å². The number of likely N-dealkylation sites (tertiary alicyclic amines) is 1. The first-order chi connectivity index (χ1) is 50.2. The number of Topliss-reactive ketones (excluding diaryl/α,β-unsaturated/α-hetero) is 1. The van der Waals surface area contributed by atoms with Crippen LogP contribution in [0.3, 0.4) is 0 Å². The molecule has 31 heteroatoms. The number of allylic oxidation sites excluding steroid dienone is 4. The summed E-state index contributed by atoms with van der Waals surface area (Å²) < 4.78 is 96.3. The maximum Gasteiger partial charge on any atom is 0.266 e. The second kappa shape index (κ2) is 38.1. The van der Waals surface area contributed by atoms with Gasteiger partial charge in [0.1, 0.15) is 18.5 Å². The number of aliphatic hydroxyl groups is 1. The third-order valence-electron chi connectivity index (χ3n) is 20.9. The van der Waals surface area contributed by atoms with Crippen molar-refractivity contribution in [3.8, 4) is 22.5 Å². The second-order valence-corrected chi connectivity index (χ2v) is 29.1. The van der Waals surface area contributed by atoms with Gasteiger partial charge in [-0.15, -0.1) is 5.10 Å². The van der Waals surface area contributed by atoms with Crippen LogP contribution < -0.4 is 20.9 Å². The molecule has 7 aliphatic rings. The number of anilines is 1. The lowest BCUT2D eigenvalue weighted by Crippen LogP contribution is -2.64. The molecule has 10 atom stereocenters. The summed E-state index contributed by atoms with van der Waals surface area (Å²) in [5, 5.41) is 29.1. The van der Waals surface area contributed by atoms with E-state index in [0.717, 1.165) is 47.2 Å². The second-order valence-electron chi connectivity index (χ2n) is 27.5. The van der Waals surface area contributed by atoms with Crippen molar-refractivity contribution in [2.45, 2.75) is 135 Å². The molecule has 0 radical (unpaired) electrons. The zero-order chi connectivity index (χ0) is 73.7. The fourth-order valence-electron chi connectivity index (χ4n) is 15.8. The van der Waals surface area contributed by atoms with E-state index >= 15 is 0 Å². The summed E-state index contributed by atoms with van der Waals surface area (Å²) in [6.45, 7) is 11.3. The summed E-state index contributed by atoms with van der Waals surface area (Å²) in [5.41, 5.74) is 3.03. The Bertz CT molecular complexity index is 3610. The molecule has 3 unspecified atom stereocenters. The lowest BCUT2D eigenvalue weighted by Gasteiger charge is -2.59. The van der Waals surface area contributed by atoms with Crippen molar-refractivity contribution < 1.29 is 104 Å². The molecule has 0 spiro atoms. The molecule has 4 heterocycles. The third-order valence-corrected chi connectivity index (χ3v) is 21.6. The molecule has 10 rings (SSSR count). The molecule has 5 fully saturated rings. The molecule has 5 N–H and O–H groups in total. The number of ether oxygens (including phenoxy) is 11. The topological polar surface area (TPSA) is 369 Å². The Morgan fingerprint density at radius 1 is 0.712 bits per heavy atom. The van der Waals surface area contributed by atoms with Gasteiger partial charge in [0.15, 0.2) is 23.5 Å². The van der Waals surface area contributed by atoms with Crippen LogP contribution in [-0.2, 0) is 109 Å². The average molecular weight is 1480 g/mol. The van der Waals surface area contributed by atoms with Crippen molar-refractivity contribution in [1.82, 2.24) is 35.8 Å². The zero-order valence-corrected chi connectivity index (χ0v) is 60.7. The largest absolute Gasteiger partial charge is 0.393 e. The molecule has 0 bridgehead atoms. The quantitative estimate of drug-likeness (QED) is 0.0398. The number of aromatic nitrogens is 3. The van der Waals surface area contributed by atoms with E-state index in [1.807, 2.05) is 61.5 Å². The van der Waals surface area contributed by atoms with Gasteiger partial charge in [-0.25, -0.2) is 4.68 Å². The van der Waals surface area contributed by atoms with E-state index in [4.69, 9.17) is 56.7 Å². The van der Waals surface area contributed by atoms with Gasteiger partial charge in [-0.05, 0) is 67.7 Å². The van der Waals surface area contributed by atoms with E-state index in [1.54, 1.807) is 21.7 Å². The Hall–Kier alpha value is -6.82. The molecule has 572 valence electrons. The van der Waals surface area contributed by atoms with Gasteiger partial charge in [-0.2, -0.15) is 8.42 Å². The molecule has 2 aromatic carbocycles. The van der Waals surface area contributed by atoms with Gasteiger partial charge in [-0.3, -0.25) is 38.1 Å². The first kappa shape index (κ1) is 79.7. The Labute approximate surface area is 606 Å². The molecular formula is C73H102N8O22S. The number of aliphatic hydroxyl groups excluding tert-OH is 1. The minimum Gasteiger partial charge on any atom is -0.393 e. The van der Waals surface area contributed by atoms with E-state index < -0.39 is 57.0 Å². The van der Waals surface area contributed by atoms with E-state index in [0.29, 0.717) is 116 Å². The fraction of sp³-hybridized carbons (Fsp3) is 0.658. The Balaban J connectivity index is 0.535. The smallest absolute Gasteiger partial charge is 0.266 e. The van der Waals surface area contributed by atoms with Crippen LogP contribution in [0.5, 0.6) is 0 Å². The minimum absolute atomic E-state index is 0.0254. The Morgan fingerprint density at radius 2 is 1.32 bits per heavy atom. The average Bonchev–Trinajstić information content (AvgIpc) is 1.51. The molecule has 4 aliphatic carbocycles. The summed E-state index contributed by atoms with van der Waals surface area (Å²) in [6, 6.07) is 15.3. The van der Waals surface area contributed by atoms with Gasteiger partial charge in [0.2, 0.25) is 29.5 Å². The van der Waals surface area contributed by atoms with Gasteiger partial charge >= 0.3 is 0 Å². The molecular weight excluding hydrogens is 1370 g/mol. The Morgan fingerprint density at radius 3 is 1.97 bits per heavy atom. The summed E-state index contributed by atoms with van der Waals surface area (Å²) in [7, 11) is -4.14. The number of hydrogen-bond donors (Lipinski definition) is 5. The first-order valence-electron chi connectivity index (χ1n) is 36.4. The highest BCUT2D eigenvalue weighted by molar-refractivity contribution is 7.85. The van der Waals surface area contributed by atoms with Gasteiger partial charge in [0.05, 0.1) is 155 Å². The molecule has 30 nitrogen and oxygen atoms in total. The van der Waals surface area contributed by atoms with E-state index in [9.17, 15) is 47.1 Å². The highest BCUT2D eigenvalue weighted by Crippen LogP contribution is 2.70. The van der Waals surface area contributed by atoms with Crippen LogP contribution in [0.1, 0.15) is 97.0 Å². The van der Waals surface area contributed by atoms with Crippen molar-refractivity contribution in [1.29, 1.82) is 0 Å². The Kier molecular flexibility index (Phi) is 29.2. The summed E-state index contributed by atoms with van der Waals surface area (Å²) in [5.74, 6) is -2.43. The summed E-state index contributed by atoms with van der Waals surface area (Å²) in [4.78, 5) is 95.0. The van der Waals surface area contributed by atoms with Crippen LogP contribution in [0.4, 0.5) is 5.69 Å². The molecule has 3 aliphatic heterocycles. The van der Waals surface area contributed by atoms with Crippen molar-refractivity contribution in [2.75, 3.05) is 149 Å². The standard InChI is InChI=1S/C73H102N8O22S/c1-4-9-67-102-60-45-56-54-15-14-51-44-52(82)18-22-71(51,2)68(54)58(83)46-72(56,3)73(60,103-67)59(84)49-101-66-19-25-79(66)65(89)47-76-63(87)21-28-94-32-36-98-39-41-99-37-33-95-29-23-74-61(85)16-17-64(88)80-48-50-10-5-6-11-53(50)70-69(55-12-7-8-13-57(55)80)77-78-81(70)26-30-96-34-38-100-42-40-97-35-31-93-27-20-62(86)75-24-43-104(90,91)92/h5-8,10-13,18,22,44,54,56,58,60,66-68,83H,4,9,14-17,19-21,23-43,45-49H2,1-3H3,(H,74,85)(H,75,86)(H,76,87)(H,90,91,92)/t54?,56-,58-,60+,66?,67?,68+,71-,72-,73+/m0/s1. The van der Waals surface area contributed by atoms with Crippen molar-refractivity contribution in [3.63, 3.8) is 0 Å². The van der Waals surface area contributed by atoms with Gasteiger partial charge < -0.3 is 83.0 Å². The number of rotatable bonds is 44. The monoisotopic (exact) mass is 1470 g/mol. The zero-order valence-electron chi connectivity index (χ0n) is 59.8. The van der Waals surface area contributed by atoms with Crippen LogP contribution in [0.15, 0.2) is 72.3 Å². The van der Waals surface area contributed by atoms with Gasteiger partial charge in [0.25, 0.3) is 10.1 Å². The number of nitrogens with zero attached hydrogens (tertiary/aromatic N) is 5. The van der Waals surface area contributed by atoms with E-state index in [-0.39, 0.29) is 157 Å². The van der Waals surface area contributed by atoms with Crippen molar-refractivity contribution in [3.05, 3.63) is 77.9 Å². The number of carbonyl (C=O) groups is 7. The molecule has 104 heavy (non-hydrogen) atoms. The summed E-state index contributed by atoms with van der Waals surface area (Å²) >= 11 is 0. The number of benzene rings is 2. The summed E-state index contributed by atoms with van der Waals surface area (Å²) in [6.07, 6.45) is 7.30. The number of nitrogens with one attached hydrogen (secondary N) is 3. The van der Waals surface area contributed by atoms with Crippen LogP contribution in [-0.4, -0.2) is 254 Å². The molecule has 3 saturated carbocycles. The SMILES string of the molecule is CCCC1O[C@@H]2C[C@H]3C4CCC5=CC(=O)C=C[C@]5(C)[C@H]4[C@@H](O)C[C@]3(C)[C@]2(C(=O)COC2CCN2C(=O)CNC(=O)CCOCCOCCOCCOCCNC(=O)CCC(=O)N2Cc3ccccc3-c3c(nnn3CCOCCOCCOCCOCCC(=O)NCCS(=O)(=O)O)-c3ccccc32)O1. The number of para-hydroxylation sites is 1. The lowest BCUT2D eigenvalue weighted by atomic mass is 9.46. The maximum atomic E-state index is 14.8. The highest BCUT2D eigenvalue weighted by atomic mass is 32.2. The predicted molar refractivity (Wildman–Crippen MR) is 374 cm³/mol. The number of fused-ring (bicyclic) bond motifs is 12. The normalized spacial score (nSPS) is 25.0. The van der Waals surface area contributed by atoms with Crippen LogP contribution in [0, 0.1) is 28.6 Å². The number of ketones is 2. The minimum atomic E-state index is -4.14. The lowest BCUT2D eigenvalue weighted by molar-refractivity contribution is -0.206. The first-order valence-corrected chi connectivity index (χ1v) is 38.0. The molecule has 5 amide bonds. The number of hydrogen-bond acceptors (Lipinski definition) is 23. The number of amides is 5. The molecule has 3 aromatic rings. The molecule has 2 saturated heterocycles. The fourth-order valence-corrected chi connectivity index (χ4v) is 16.1. The van der Waals surface area contributed by atoms with Gasteiger partial charge in [-0.1, -0.05) is 86.5 Å². The number of carbonyl (C=O) groups excluding carboxylic acids is 7. The van der Waals surface area contributed by atoms with Gasteiger partial charge in [0, 0.05) is 79.6 Å². The van der Waals surface area contributed by atoms with E-state index in [2.05, 4.69) is 40.1 Å². The maximum absolute atomic E-state index is 14.8. The highest BCUT2D eigenvalue weighted by Gasteiger charge is 2.76. The van der Waals surface area contributed by atoms with Crippen LogP contribution in [0.2, 0.25) is 0 Å². The van der Waals surface area contributed by atoms with Crippen LogP contribution >= 0.6 is 0 Å². The van der Waals surface area contributed by atoms with Crippen LogP contribution in [0.25, 0.3) is 22.5 Å². The predicted octanol–water partition coefficient (Wildman–Crippen LogP) is 3.70. The molecule has 1 aromatic heterocycles. The van der Waals surface area contributed by atoms with E-state index in [1.165, 1.54) is 4.90 Å². The van der Waals surface area contributed by atoms with Crippen molar-refractivity contribution in [2.24, 2.45) is 28.6 Å². The third kappa shape index (κ3) is 20.1.